The lowest BCUT2D eigenvalue weighted by Crippen LogP contribution is -2.49. The van der Waals surface area contributed by atoms with Crippen LogP contribution in [0.25, 0.3) is 17.0 Å². The molecule has 2 aliphatic heterocycles. The van der Waals surface area contributed by atoms with Crippen LogP contribution in [-0.2, 0) is 16.0 Å². The van der Waals surface area contributed by atoms with Gasteiger partial charge in [0.25, 0.3) is 5.91 Å². The summed E-state index contributed by atoms with van der Waals surface area (Å²) in [6.07, 6.45) is 4.41. The number of nitrogens with zero attached hydrogens (tertiary/aromatic N) is 1. The molecule has 7 nitrogen and oxygen atoms in total. The van der Waals surface area contributed by atoms with Gasteiger partial charge in [0.15, 0.2) is 0 Å². The molecule has 7 heteroatoms. The van der Waals surface area contributed by atoms with E-state index in [9.17, 15) is 14.4 Å². The second kappa shape index (κ2) is 6.01. The lowest BCUT2D eigenvalue weighted by Gasteiger charge is -2.20. The summed E-state index contributed by atoms with van der Waals surface area (Å²) >= 11 is 0. The molecule has 2 aromatic rings. The van der Waals surface area contributed by atoms with E-state index >= 15 is 0 Å². The average Bonchev–Trinajstić information content (AvgIpc) is 3.29. The maximum atomic E-state index is 12.6. The molecule has 4 rings (SSSR count). The zero-order chi connectivity index (χ0) is 18.3. The molecule has 1 unspecified atom stereocenters. The predicted molar refractivity (Wildman–Crippen MR) is 95.2 cm³/mol. The molecule has 3 heterocycles. The van der Waals surface area contributed by atoms with Gasteiger partial charge in [0.2, 0.25) is 5.91 Å². The van der Waals surface area contributed by atoms with Crippen molar-refractivity contribution >= 4 is 34.9 Å². The molecular formula is C19H19N3O4. The summed E-state index contributed by atoms with van der Waals surface area (Å²) in [5, 5.41) is 5.85. The third-order valence-corrected chi connectivity index (χ3v) is 5.02. The van der Waals surface area contributed by atoms with Crippen molar-refractivity contribution in [3.8, 4) is 0 Å². The van der Waals surface area contributed by atoms with Gasteiger partial charge in [0, 0.05) is 30.0 Å². The van der Waals surface area contributed by atoms with Crippen molar-refractivity contribution < 1.29 is 18.8 Å². The molecule has 1 aromatic heterocycles. The molecule has 0 aliphatic carbocycles. The second-order valence-corrected chi connectivity index (χ2v) is 6.62. The quantitative estimate of drug-likeness (QED) is 0.650. The number of carbonyl (C=O) groups is 3. The van der Waals surface area contributed by atoms with Crippen molar-refractivity contribution in [3.05, 3.63) is 41.7 Å². The maximum absolute atomic E-state index is 12.6. The number of likely N-dealkylation sites (tertiary alicyclic amines) is 1. The molecule has 0 saturated carbocycles. The van der Waals surface area contributed by atoms with Crippen molar-refractivity contribution in [2.24, 2.45) is 0 Å². The fourth-order valence-corrected chi connectivity index (χ4v) is 3.63. The van der Waals surface area contributed by atoms with Crippen LogP contribution in [0, 0.1) is 0 Å². The lowest BCUT2D eigenvalue weighted by atomic mass is 10.00. The Morgan fingerprint density at radius 3 is 2.88 bits per heavy atom. The number of fused-ring (bicyclic) bond motifs is 1. The van der Waals surface area contributed by atoms with Gasteiger partial charge in [-0.05, 0) is 18.6 Å². The molecular weight excluding hydrogens is 334 g/mol. The Morgan fingerprint density at radius 1 is 1.35 bits per heavy atom. The Morgan fingerprint density at radius 2 is 2.15 bits per heavy atom. The first-order valence-corrected chi connectivity index (χ1v) is 8.63. The van der Waals surface area contributed by atoms with Crippen LogP contribution in [-0.4, -0.2) is 41.4 Å². The third-order valence-electron chi connectivity index (χ3n) is 5.02. The number of furan rings is 1. The van der Waals surface area contributed by atoms with E-state index < -0.39 is 11.6 Å². The van der Waals surface area contributed by atoms with E-state index in [2.05, 4.69) is 10.6 Å². The van der Waals surface area contributed by atoms with Crippen molar-refractivity contribution in [2.75, 3.05) is 13.1 Å². The standard InChI is InChI=1S/C19H19N3O4/c1-2-14-13(12-5-3-4-6-15(12)26-14)7-8-16(23)22-10-9-19(11-22)17(24)20-18(25)21-19/h3-8H,2,9-11H2,1H3,(H2,20,21,24,25)/b8-7+. The Kier molecular flexibility index (Phi) is 3.79. The number of para-hydroxylation sites is 1. The Bertz CT molecular complexity index is 945. The van der Waals surface area contributed by atoms with E-state index in [4.69, 9.17) is 4.42 Å². The molecule has 2 aliphatic rings. The highest BCUT2D eigenvalue weighted by molar-refractivity contribution is 6.08. The molecule has 1 aromatic carbocycles. The van der Waals surface area contributed by atoms with Crippen molar-refractivity contribution in [2.45, 2.75) is 25.3 Å². The largest absolute Gasteiger partial charge is 0.460 e. The molecule has 4 amide bonds. The van der Waals surface area contributed by atoms with Gasteiger partial charge in [0.05, 0.1) is 6.54 Å². The number of rotatable bonds is 3. The molecule has 0 radical (unpaired) electrons. The minimum atomic E-state index is -0.989. The van der Waals surface area contributed by atoms with Crippen LogP contribution in [0.4, 0.5) is 4.79 Å². The summed E-state index contributed by atoms with van der Waals surface area (Å²) in [5.74, 6) is 0.273. The Labute approximate surface area is 150 Å². The van der Waals surface area contributed by atoms with Gasteiger partial charge in [-0.1, -0.05) is 25.1 Å². The number of aryl methyl sites for hydroxylation is 1. The van der Waals surface area contributed by atoms with Gasteiger partial charge in [-0.3, -0.25) is 14.9 Å². The van der Waals surface area contributed by atoms with E-state index in [0.717, 1.165) is 28.7 Å². The Balaban J connectivity index is 1.54. The third kappa shape index (κ3) is 2.56. The van der Waals surface area contributed by atoms with Crippen LogP contribution in [0.3, 0.4) is 0 Å². The monoisotopic (exact) mass is 353 g/mol. The molecule has 134 valence electrons. The highest BCUT2D eigenvalue weighted by Gasteiger charge is 2.51. The normalized spacial score (nSPS) is 22.6. The molecule has 1 spiro atoms. The fourth-order valence-electron chi connectivity index (χ4n) is 3.63. The topological polar surface area (TPSA) is 91.7 Å². The number of hydrogen-bond acceptors (Lipinski definition) is 4. The van der Waals surface area contributed by atoms with Crippen LogP contribution in [0.5, 0.6) is 0 Å². The highest BCUT2D eigenvalue weighted by atomic mass is 16.3. The summed E-state index contributed by atoms with van der Waals surface area (Å²) in [7, 11) is 0. The van der Waals surface area contributed by atoms with Gasteiger partial charge in [-0.2, -0.15) is 0 Å². The molecule has 26 heavy (non-hydrogen) atoms. The van der Waals surface area contributed by atoms with E-state index in [1.54, 1.807) is 11.0 Å². The smallest absolute Gasteiger partial charge is 0.322 e. The van der Waals surface area contributed by atoms with Crippen molar-refractivity contribution in [1.29, 1.82) is 0 Å². The minimum absolute atomic E-state index is 0.181. The first-order valence-electron chi connectivity index (χ1n) is 8.63. The number of nitrogens with one attached hydrogen (secondary N) is 2. The summed E-state index contributed by atoms with van der Waals surface area (Å²) in [4.78, 5) is 37.5. The van der Waals surface area contributed by atoms with Gasteiger partial charge in [-0.15, -0.1) is 0 Å². The number of hydrogen-bond donors (Lipinski definition) is 2. The van der Waals surface area contributed by atoms with Crippen LogP contribution in [0.2, 0.25) is 0 Å². The van der Waals surface area contributed by atoms with Gasteiger partial charge in [-0.25, -0.2) is 4.79 Å². The maximum Gasteiger partial charge on any atom is 0.322 e. The summed E-state index contributed by atoms with van der Waals surface area (Å²) in [5.41, 5.74) is 0.705. The van der Waals surface area contributed by atoms with Crippen LogP contribution < -0.4 is 10.6 Å². The molecule has 1 atom stereocenters. The van der Waals surface area contributed by atoms with Gasteiger partial charge in [0.1, 0.15) is 16.9 Å². The van der Waals surface area contributed by atoms with E-state index in [1.165, 1.54) is 6.08 Å². The zero-order valence-corrected chi connectivity index (χ0v) is 14.4. The summed E-state index contributed by atoms with van der Waals surface area (Å²) < 4.78 is 5.83. The van der Waals surface area contributed by atoms with Crippen LogP contribution in [0.1, 0.15) is 24.7 Å². The van der Waals surface area contributed by atoms with Crippen LogP contribution >= 0.6 is 0 Å². The Hall–Kier alpha value is -3.09. The minimum Gasteiger partial charge on any atom is -0.460 e. The number of carbonyl (C=O) groups excluding carboxylic acids is 3. The van der Waals surface area contributed by atoms with E-state index in [1.807, 2.05) is 31.2 Å². The average molecular weight is 353 g/mol. The molecule has 2 fully saturated rings. The van der Waals surface area contributed by atoms with E-state index in [0.29, 0.717) is 13.0 Å². The summed E-state index contributed by atoms with van der Waals surface area (Å²) in [6, 6.07) is 7.21. The first kappa shape index (κ1) is 16.4. The highest BCUT2D eigenvalue weighted by Crippen LogP contribution is 2.28. The van der Waals surface area contributed by atoms with Crippen molar-refractivity contribution in [3.63, 3.8) is 0 Å². The molecule has 0 bridgehead atoms. The van der Waals surface area contributed by atoms with Crippen molar-refractivity contribution in [1.82, 2.24) is 15.5 Å². The first-order chi connectivity index (χ1) is 12.5. The van der Waals surface area contributed by atoms with Gasteiger partial charge >= 0.3 is 6.03 Å². The number of benzene rings is 1. The van der Waals surface area contributed by atoms with E-state index in [-0.39, 0.29) is 18.4 Å². The summed E-state index contributed by atoms with van der Waals surface area (Å²) in [6.45, 7) is 2.60. The fraction of sp³-hybridized carbons (Fsp3) is 0.316. The van der Waals surface area contributed by atoms with Crippen LogP contribution in [0.15, 0.2) is 34.8 Å². The number of amides is 4. The number of urea groups is 1. The lowest BCUT2D eigenvalue weighted by molar-refractivity contribution is -0.126. The predicted octanol–water partition coefficient (Wildman–Crippen LogP) is 1.82. The molecule has 2 saturated heterocycles. The zero-order valence-electron chi connectivity index (χ0n) is 14.4. The second-order valence-electron chi connectivity index (χ2n) is 6.62. The molecule has 2 N–H and O–H groups in total. The SMILES string of the molecule is CCc1oc2ccccc2c1/C=C/C(=O)N1CCC2(C1)NC(=O)NC2=O. The van der Waals surface area contributed by atoms with Gasteiger partial charge < -0.3 is 14.6 Å². The number of imide groups is 1.